The van der Waals surface area contributed by atoms with Crippen molar-refractivity contribution in [2.45, 2.75) is 39.3 Å². The van der Waals surface area contributed by atoms with Gasteiger partial charge in [0.05, 0.1) is 13.2 Å². The quantitative estimate of drug-likeness (QED) is 0.557. The first kappa shape index (κ1) is 16.7. The first-order valence-corrected chi connectivity index (χ1v) is 7.22. The summed E-state index contributed by atoms with van der Waals surface area (Å²) in [5.74, 6) is -0.216. The number of carbonyl (C=O) groups excluding carboxylic acids is 1. The van der Waals surface area contributed by atoms with Gasteiger partial charge in [0.1, 0.15) is 6.04 Å². The summed E-state index contributed by atoms with van der Waals surface area (Å²) in [7, 11) is 0. The Bertz CT molecular complexity index is 381. The Kier molecular flexibility index (Phi) is 7.92. The van der Waals surface area contributed by atoms with Gasteiger partial charge in [-0.2, -0.15) is 0 Å². The van der Waals surface area contributed by atoms with Gasteiger partial charge in [-0.25, -0.2) is 0 Å². The molecule has 0 aromatic heterocycles. The van der Waals surface area contributed by atoms with Crippen LogP contribution in [0.3, 0.4) is 0 Å². The molecule has 1 aromatic carbocycles. The van der Waals surface area contributed by atoms with Crippen molar-refractivity contribution in [2.24, 2.45) is 11.7 Å². The largest absolute Gasteiger partial charge is 0.465 e. The molecule has 0 bridgehead atoms. The van der Waals surface area contributed by atoms with E-state index in [4.69, 9.17) is 15.2 Å². The van der Waals surface area contributed by atoms with Crippen LogP contribution in [0.25, 0.3) is 0 Å². The molecule has 1 unspecified atom stereocenters. The normalized spacial score (nSPS) is 13.8. The van der Waals surface area contributed by atoms with Crippen molar-refractivity contribution >= 4 is 5.97 Å². The third-order valence-electron chi connectivity index (χ3n) is 3.34. The number of nitrogens with two attached hydrogens (primary N) is 1. The fourth-order valence-corrected chi connectivity index (χ4v) is 2.07. The Balaban J connectivity index is 2.29. The lowest BCUT2D eigenvalue weighted by atomic mass is 9.94. The number of esters is 1. The first-order chi connectivity index (χ1) is 9.69. The molecule has 0 aliphatic carbocycles. The lowest BCUT2D eigenvalue weighted by molar-refractivity contribution is -0.146. The fourth-order valence-electron chi connectivity index (χ4n) is 2.07. The predicted molar refractivity (Wildman–Crippen MR) is 79.1 cm³/mol. The molecule has 0 spiro atoms. The maximum absolute atomic E-state index is 11.6. The van der Waals surface area contributed by atoms with Crippen molar-refractivity contribution in [1.29, 1.82) is 0 Å². The highest BCUT2D eigenvalue weighted by Gasteiger charge is 2.24. The van der Waals surface area contributed by atoms with Gasteiger partial charge < -0.3 is 15.2 Å². The van der Waals surface area contributed by atoms with E-state index in [2.05, 4.69) is 0 Å². The zero-order valence-corrected chi connectivity index (χ0v) is 12.4. The molecule has 0 saturated heterocycles. The van der Waals surface area contributed by atoms with Crippen LogP contribution >= 0.6 is 0 Å². The summed E-state index contributed by atoms with van der Waals surface area (Å²) in [5.41, 5.74) is 7.07. The van der Waals surface area contributed by atoms with Gasteiger partial charge in [0, 0.05) is 6.61 Å². The molecule has 0 heterocycles. The molecule has 2 atom stereocenters. The lowest BCUT2D eigenvalue weighted by Gasteiger charge is -2.20. The molecule has 0 aliphatic rings. The van der Waals surface area contributed by atoms with E-state index in [1.807, 2.05) is 37.3 Å². The number of ether oxygens (including phenoxy) is 2. The third-order valence-corrected chi connectivity index (χ3v) is 3.34. The van der Waals surface area contributed by atoms with Crippen LogP contribution in [0.4, 0.5) is 0 Å². The van der Waals surface area contributed by atoms with Crippen molar-refractivity contribution in [3.63, 3.8) is 0 Å². The standard InChI is InChI=1S/C16H25NO3/c1-3-14(15(17)16(18)20-4-2)10-11-19-12-13-8-6-5-7-9-13/h5-9,14-15H,3-4,10-12,17H2,1-2H3/t14?,15-/m1/s1. The number of hydrogen-bond donors (Lipinski definition) is 1. The minimum absolute atomic E-state index is 0.102. The molecule has 4 nitrogen and oxygen atoms in total. The second kappa shape index (κ2) is 9.50. The van der Waals surface area contributed by atoms with Crippen molar-refractivity contribution < 1.29 is 14.3 Å². The van der Waals surface area contributed by atoms with Gasteiger partial charge in [-0.3, -0.25) is 4.79 Å². The summed E-state index contributed by atoms with van der Waals surface area (Å²) in [6, 6.07) is 9.47. The van der Waals surface area contributed by atoms with E-state index in [0.29, 0.717) is 19.8 Å². The summed E-state index contributed by atoms with van der Waals surface area (Å²) in [6.45, 7) is 5.37. The summed E-state index contributed by atoms with van der Waals surface area (Å²) < 4.78 is 10.6. The fraction of sp³-hybridized carbons (Fsp3) is 0.562. The van der Waals surface area contributed by atoms with Crippen LogP contribution in [0.2, 0.25) is 0 Å². The molecular weight excluding hydrogens is 254 g/mol. The van der Waals surface area contributed by atoms with Crippen molar-refractivity contribution in [2.75, 3.05) is 13.2 Å². The molecule has 0 radical (unpaired) electrons. The van der Waals surface area contributed by atoms with E-state index in [1.165, 1.54) is 0 Å². The summed E-state index contributed by atoms with van der Waals surface area (Å²) in [6.07, 6.45) is 1.61. The highest BCUT2D eigenvalue weighted by atomic mass is 16.5. The molecule has 4 heteroatoms. The highest BCUT2D eigenvalue weighted by Crippen LogP contribution is 2.14. The predicted octanol–water partition coefficient (Wildman–Crippen LogP) is 2.51. The van der Waals surface area contributed by atoms with Crippen LogP contribution in [-0.2, 0) is 20.9 Å². The van der Waals surface area contributed by atoms with Crippen molar-refractivity contribution in [3.05, 3.63) is 35.9 Å². The Hall–Kier alpha value is -1.39. The average Bonchev–Trinajstić information content (AvgIpc) is 2.48. The highest BCUT2D eigenvalue weighted by molar-refractivity contribution is 5.75. The number of benzene rings is 1. The summed E-state index contributed by atoms with van der Waals surface area (Å²) in [4.78, 5) is 11.6. The van der Waals surface area contributed by atoms with Gasteiger partial charge in [-0.15, -0.1) is 0 Å². The van der Waals surface area contributed by atoms with E-state index in [1.54, 1.807) is 6.92 Å². The minimum atomic E-state index is -0.555. The second-order valence-electron chi connectivity index (χ2n) is 4.77. The van der Waals surface area contributed by atoms with Gasteiger partial charge in [0.25, 0.3) is 0 Å². The molecule has 1 aromatic rings. The third kappa shape index (κ3) is 5.72. The van der Waals surface area contributed by atoms with Crippen molar-refractivity contribution in [3.8, 4) is 0 Å². The number of carbonyl (C=O) groups is 1. The average molecular weight is 279 g/mol. The summed E-state index contributed by atoms with van der Waals surface area (Å²) >= 11 is 0. The molecule has 20 heavy (non-hydrogen) atoms. The SMILES string of the molecule is CCOC(=O)[C@H](N)C(CC)CCOCc1ccccc1. The van der Waals surface area contributed by atoms with Crippen LogP contribution in [0.1, 0.15) is 32.3 Å². The molecule has 0 amide bonds. The maximum Gasteiger partial charge on any atom is 0.323 e. The first-order valence-electron chi connectivity index (χ1n) is 7.22. The Labute approximate surface area is 121 Å². The number of hydrogen-bond acceptors (Lipinski definition) is 4. The number of rotatable bonds is 9. The van der Waals surface area contributed by atoms with Gasteiger partial charge in [0.15, 0.2) is 0 Å². The van der Waals surface area contributed by atoms with Crippen LogP contribution in [0, 0.1) is 5.92 Å². The van der Waals surface area contributed by atoms with E-state index in [9.17, 15) is 4.79 Å². The summed E-state index contributed by atoms with van der Waals surface area (Å²) in [5, 5.41) is 0. The van der Waals surface area contributed by atoms with Crippen LogP contribution in [-0.4, -0.2) is 25.2 Å². The smallest absolute Gasteiger partial charge is 0.323 e. The zero-order valence-electron chi connectivity index (χ0n) is 12.4. The van der Waals surface area contributed by atoms with Crippen LogP contribution in [0.15, 0.2) is 30.3 Å². The van der Waals surface area contributed by atoms with E-state index in [0.717, 1.165) is 18.4 Å². The van der Waals surface area contributed by atoms with Crippen LogP contribution < -0.4 is 5.73 Å². The van der Waals surface area contributed by atoms with Gasteiger partial charge in [-0.1, -0.05) is 43.7 Å². The van der Waals surface area contributed by atoms with E-state index < -0.39 is 6.04 Å². The molecule has 1 rings (SSSR count). The van der Waals surface area contributed by atoms with E-state index in [-0.39, 0.29) is 11.9 Å². The van der Waals surface area contributed by atoms with Gasteiger partial charge >= 0.3 is 5.97 Å². The van der Waals surface area contributed by atoms with Crippen LogP contribution in [0.5, 0.6) is 0 Å². The Morgan fingerprint density at radius 1 is 1.25 bits per heavy atom. The van der Waals surface area contributed by atoms with Gasteiger partial charge in [-0.05, 0) is 24.8 Å². The molecule has 2 N–H and O–H groups in total. The monoisotopic (exact) mass is 279 g/mol. The van der Waals surface area contributed by atoms with E-state index >= 15 is 0 Å². The topological polar surface area (TPSA) is 61.5 Å². The molecule has 0 saturated carbocycles. The van der Waals surface area contributed by atoms with Crippen molar-refractivity contribution in [1.82, 2.24) is 0 Å². The Morgan fingerprint density at radius 3 is 2.55 bits per heavy atom. The maximum atomic E-state index is 11.6. The van der Waals surface area contributed by atoms with Gasteiger partial charge in [0.2, 0.25) is 0 Å². The zero-order chi connectivity index (χ0) is 14.8. The molecule has 112 valence electrons. The lowest BCUT2D eigenvalue weighted by Crippen LogP contribution is -2.39. The molecular formula is C16H25NO3. The molecule has 0 aliphatic heterocycles. The Morgan fingerprint density at radius 2 is 1.95 bits per heavy atom. The minimum Gasteiger partial charge on any atom is -0.465 e. The molecule has 0 fully saturated rings. The second-order valence-corrected chi connectivity index (χ2v) is 4.77.